The van der Waals surface area contributed by atoms with Gasteiger partial charge in [-0.3, -0.25) is 0 Å². The van der Waals surface area contributed by atoms with Crippen molar-refractivity contribution in [2.75, 3.05) is 13.1 Å². The summed E-state index contributed by atoms with van der Waals surface area (Å²) in [5.74, 6) is -1.02. The van der Waals surface area contributed by atoms with E-state index >= 15 is 0 Å². The second-order valence-corrected chi connectivity index (χ2v) is 9.36. The van der Waals surface area contributed by atoms with Crippen molar-refractivity contribution in [1.82, 2.24) is 5.32 Å². The van der Waals surface area contributed by atoms with Crippen LogP contribution in [0.15, 0.2) is 0 Å². The van der Waals surface area contributed by atoms with E-state index in [0.29, 0.717) is 13.1 Å². The topological polar surface area (TPSA) is 101 Å². The molecule has 0 aromatic carbocycles. The van der Waals surface area contributed by atoms with Crippen LogP contribution >= 0.6 is 0 Å². The number of nitrogens with two attached hydrogens (primary N) is 1. The number of rotatable bonds is 5. The summed E-state index contributed by atoms with van der Waals surface area (Å²) in [6.45, 7) is 18.2. The predicted octanol–water partition coefficient (Wildman–Crippen LogP) is 3.32. The van der Waals surface area contributed by atoms with Gasteiger partial charge >= 0.3 is 6.09 Å². The fourth-order valence-electron chi connectivity index (χ4n) is 3.38. The minimum absolute atomic E-state index is 0.00920. The zero-order valence-corrected chi connectivity index (χ0v) is 19.7. The Labute approximate surface area is 176 Å². The van der Waals surface area contributed by atoms with Crippen LogP contribution in [0, 0.1) is 0 Å². The van der Waals surface area contributed by atoms with Gasteiger partial charge in [0.25, 0.3) is 0 Å². The lowest BCUT2D eigenvalue weighted by atomic mass is 10.1. The Balaban J connectivity index is 0.000000326. The molecule has 0 saturated carbocycles. The van der Waals surface area contributed by atoms with Crippen LogP contribution in [-0.4, -0.2) is 60.8 Å². The summed E-state index contributed by atoms with van der Waals surface area (Å²) in [4.78, 5) is 11.5. The van der Waals surface area contributed by atoms with Crippen LogP contribution in [-0.2, 0) is 23.7 Å². The van der Waals surface area contributed by atoms with Gasteiger partial charge in [0.2, 0.25) is 0 Å². The maximum absolute atomic E-state index is 11.5. The summed E-state index contributed by atoms with van der Waals surface area (Å²) in [5, 5.41) is 2.72. The number of hydrogen-bond donors (Lipinski definition) is 2. The summed E-state index contributed by atoms with van der Waals surface area (Å²) in [5.41, 5.74) is 5.03. The Bertz CT molecular complexity index is 504. The van der Waals surface area contributed by atoms with E-state index in [9.17, 15) is 4.79 Å². The van der Waals surface area contributed by atoms with Crippen molar-refractivity contribution in [3.8, 4) is 0 Å². The molecule has 1 amide bonds. The number of alkyl carbamates (subject to hydrolysis) is 1. The molecule has 0 radical (unpaired) electrons. The zero-order valence-electron chi connectivity index (χ0n) is 19.7. The average molecular weight is 419 g/mol. The zero-order chi connectivity index (χ0) is 22.5. The maximum Gasteiger partial charge on any atom is 0.407 e. The molecule has 4 atom stereocenters. The molecule has 8 heteroatoms. The van der Waals surface area contributed by atoms with Crippen molar-refractivity contribution in [2.45, 2.75) is 117 Å². The van der Waals surface area contributed by atoms with E-state index in [1.165, 1.54) is 0 Å². The highest BCUT2D eigenvalue weighted by atomic mass is 16.8. The molecule has 2 heterocycles. The standard InChI is InChI=1S/C13H25NO4.C8H17NO2/c1-7-9-10(17-13(5,6)16-9)8-14-11(15)18-12(2,3)4;1-4-6-7(5-9)11-8(2,3)10-6/h9-10H,7-8H2,1-6H3,(H,14,15);6-7H,4-5,9H2,1-3H3/t9-,10-;6-,7-/m00/s1. The molecule has 0 aliphatic carbocycles. The molecule has 172 valence electrons. The highest BCUT2D eigenvalue weighted by molar-refractivity contribution is 5.67. The van der Waals surface area contributed by atoms with Crippen LogP contribution in [0.25, 0.3) is 0 Å². The van der Waals surface area contributed by atoms with Gasteiger partial charge in [0.15, 0.2) is 11.6 Å². The smallest absolute Gasteiger partial charge is 0.407 e. The molecular formula is C21H42N2O6. The van der Waals surface area contributed by atoms with E-state index in [0.717, 1.165) is 12.8 Å². The molecule has 0 unspecified atom stereocenters. The lowest BCUT2D eigenvalue weighted by Crippen LogP contribution is -2.40. The second kappa shape index (κ2) is 10.4. The maximum atomic E-state index is 11.5. The van der Waals surface area contributed by atoms with Crippen LogP contribution in [0.5, 0.6) is 0 Å². The van der Waals surface area contributed by atoms with Gasteiger partial charge in [-0.1, -0.05) is 13.8 Å². The minimum Gasteiger partial charge on any atom is -0.444 e. The highest BCUT2D eigenvalue weighted by Gasteiger charge is 2.40. The molecular weight excluding hydrogens is 376 g/mol. The molecule has 0 aromatic heterocycles. The molecule has 0 spiro atoms. The summed E-state index contributed by atoms with van der Waals surface area (Å²) in [6.07, 6.45) is 1.53. The number of carbonyl (C=O) groups is 1. The van der Waals surface area contributed by atoms with Gasteiger partial charge in [0.1, 0.15) is 11.7 Å². The third kappa shape index (κ3) is 9.17. The Morgan fingerprint density at radius 1 is 0.897 bits per heavy atom. The number of amides is 1. The molecule has 29 heavy (non-hydrogen) atoms. The van der Waals surface area contributed by atoms with E-state index in [2.05, 4.69) is 12.2 Å². The molecule has 2 rings (SSSR count). The van der Waals surface area contributed by atoms with E-state index in [4.69, 9.17) is 29.4 Å². The SMILES string of the molecule is CC[C@@H]1OC(C)(C)O[C@H]1CN.CC[C@@H]1OC(C)(C)O[C@H]1CNC(=O)OC(C)(C)C. The molecule has 2 fully saturated rings. The van der Waals surface area contributed by atoms with Gasteiger partial charge < -0.3 is 34.7 Å². The van der Waals surface area contributed by atoms with Gasteiger partial charge in [-0.05, 0) is 61.3 Å². The van der Waals surface area contributed by atoms with Crippen molar-refractivity contribution >= 4 is 6.09 Å². The first kappa shape index (κ1) is 26.1. The second-order valence-electron chi connectivity index (χ2n) is 9.36. The minimum atomic E-state index is -0.582. The lowest BCUT2D eigenvalue weighted by molar-refractivity contribution is -0.146. The molecule has 8 nitrogen and oxygen atoms in total. The molecule has 2 saturated heterocycles. The summed E-state index contributed by atoms with van der Waals surface area (Å²) in [6, 6.07) is 0. The van der Waals surface area contributed by atoms with Crippen LogP contribution in [0.1, 0.15) is 75.2 Å². The van der Waals surface area contributed by atoms with Crippen molar-refractivity contribution in [3.63, 3.8) is 0 Å². The van der Waals surface area contributed by atoms with Crippen LogP contribution in [0.4, 0.5) is 4.79 Å². The number of nitrogens with one attached hydrogen (secondary N) is 1. The van der Waals surface area contributed by atoms with Gasteiger partial charge in [0, 0.05) is 13.1 Å². The first-order valence-electron chi connectivity index (χ1n) is 10.6. The van der Waals surface area contributed by atoms with E-state index in [1.807, 2.05) is 55.4 Å². The van der Waals surface area contributed by atoms with Crippen molar-refractivity contribution in [2.24, 2.45) is 5.73 Å². The Morgan fingerprint density at radius 3 is 1.69 bits per heavy atom. The summed E-state index contributed by atoms with van der Waals surface area (Å²) in [7, 11) is 0. The largest absolute Gasteiger partial charge is 0.444 e. The van der Waals surface area contributed by atoms with Gasteiger partial charge in [-0.15, -0.1) is 0 Å². The third-order valence-corrected chi connectivity index (χ3v) is 4.45. The lowest BCUT2D eigenvalue weighted by Gasteiger charge is -2.21. The monoisotopic (exact) mass is 418 g/mol. The summed E-state index contributed by atoms with van der Waals surface area (Å²) >= 11 is 0. The van der Waals surface area contributed by atoms with E-state index < -0.39 is 23.3 Å². The Morgan fingerprint density at radius 2 is 1.31 bits per heavy atom. The molecule has 2 aliphatic rings. The summed E-state index contributed by atoms with van der Waals surface area (Å²) < 4.78 is 27.8. The van der Waals surface area contributed by atoms with Gasteiger partial charge in [0.05, 0.1) is 18.3 Å². The number of hydrogen-bond acceptors (Lipinski definition) is 7. The van der Waals surface area contributed by atoms with Crippen LogP contribution < -0.4 is 11.1 Å². The average Bonchev–Trinajstić information content (AvgIpc) is 3.06. The quantitative estimate of drug-likeness (QED) is 0.706. The first-order chi connectivity index (χ1) is 13.2. The molecule has 0 aromatic rings. The third-order valence-electron chi connectivity index (χ3n) is 4.45. The van der Waals surface area contributed by atoms with Gasteiger partial charge in [-0.25, -0.2) is 4.79 Å². The van der Waals surface area contributed by atoms with Crippen LogP contribution in [0.3, 0.4) is 0 Å². The normalized spacial score (nSPS) is 30.4. The van der Waals surface area contributed by atoms with Crippen LogP contribution in [0.2, 0.25) is 0 Å². The van der Waals surface area contributed by atoms with Crippen molar-refractivity contribution in [1.29, 1.82) is 0 Å². The van der Waals surface area contributed by atoms with Crippen molar-refractivity contribution < 1.29 is 28.5 Å². The van der Waals surface area contributed by atoms with Gasteiger partial charge in [-0.2, -0.15) is 0 Å². The highest BCUT2D eigenvalue weighted by Crippen LogP contribution is 2.30. The Hall–Kier alpha value is -0.930. The molecule has 3 N–H and O–H groups in total. The molecule has 2 aliphatic heterocycles. The number of carbonyl (C=O) groups excluding carboxylic acids is 1. The Kier molecular flexibility index (Phi) is 9.36. The number of ether oxygens (including phenoxy) is 5. The fraction of sp³-hybridized carbons (Fsp3) is 0.952. The van der Waals surface area contributed by atoms with E-state index in [1.54, 1.807) is 0 Å². The predicted molar refractivity (Wildman–Crippen MR) is 112 cm³/mol. The fourth-order valence-corrected chi connectivity index (χ4v) is 3.38. The first-order valence-corrected chi connectivity index (χ1v) is 10.6. The molecule has 0 bridgehead atoms. The van der Waals surface area contributed by atoms with E-state index in [-0.39, 0.29) is 24.4 Å². The van der Waals surface area contributed by atoms with Crippen molar-refractivity contribution in [3.05, 3.63) is 0 Å².